The summed E-state index contributed by atoms with van der Waals surface area (Å²) in [5, 5.41) is 30.0. The molecule has 1 aliphatic rings. The van der Waals surface area contributed by atoms with Crippen molar-refractivity contribution >= 4 is 16.9 Å². The van der Waals surface area contributed by atoms with Crippen LogP contribution >= 0.6 is 0 Å². The van der Waals surface area contributed by atoms with E-state index in [4.69, 9.17) is 9.57 Å². The Morgan fingerprint density at radius 1 is 1.46 bits per heavy atom. The van der Waals surface area contributed by atoms with Crippen molar-refractivity contribution in [2.75, 3.05) is 18.7 Å². The largest absolute Gasteiger partial charge is 0.394 e. The second-order valence-electron chi connectivity index (χ2n) is 6.01. The van der Waals surface area contributed by atoms with E-state index in [9.17, 15) is 15.3 Å². The molecular weight excluding hydrogens is 316 g/mol. The second kappa shape index (κ2) is 6.61. The average Bonchev–Trinajstić information content (AvgIpc) is 3.08. The molecule has 0 aliphatic carbocycles. The molecule has 9 nitrogen and oxygen atoms in total. The van der Waals surface area contributed by atoms with Gasteiger partial charge in [-0.05, 0) is 19.4 Å². The van der Waals surface area contributed by atoms with Crippen molar-refractivity contribution in [2.45, 2.75) is 44.3 Å². The molecule has 24 heavy (non-hydrogen) atoms. The molecule has 0 bridgehead atoms. The van der Waals surface area contributed by atoms with Crippen LogP contribution in [0.1, 0.15) is 26.5 Å². The lowest BCUT2D eigenvalue weighted by Crippen LogP contribution is -2.44. The van der Waals surface area contributed by atoms with Crippen LogP contribution in [-0.4, -0.2) is 60.9 Å². The first-order valence-electron chi connectivity index (χ1n) is 7.86. The van der Waals surface area contributed by atoms with Gasteiger partial charge >= 0.3 is 0 Å². The van der Waals surface area contributed by atoms with Gasteiger partial charge in [0.2, 0.25) is 0 Å². The number of rotatable bonds is 6. The van der Waals surface area contributed by atoms with Gasteiger partial charge < -0.3 is 20.1 Å². The van der Waals surface area contributed by atoms with Crippen LogP contribution in [-0.2, 0) is 9.57 Å². The Kier molecular flexibility index (Phi) is 4.70. The number of ether oxygens (including phenoxy) is 1. The fourth-order valence-electron chi connectivity index (χ4n) is 2.81. The van der Waals surface area contributed by atoms with Crippen molar-refractivity contribution in [1.29, 1.82) is 0 Å². The normalized spacial score (nSPS) is 30.1. The summed E-state index contributed by atoms with van der Waals surface area (Å²) in [7, 11) is 0. The highest BCUT2D eigenvalue weighted by Crippen LogP contribution is 2.39. The third-order valence-corrected chi connectivity index (χ3v) is 4.14. The fraction of sp³-hybridized carbons (Fsp3) is 0.600. The minimum absolute atomic E-state index is 0.397. The molecule has 4 N–H and O–H groups in total. The summed E-state index contributed by atoms with van der Waals surface area (Å²) in [5.41, 5.74) is 2.90. The number of aromatic nitrogens is 3. The van der Waals surface area contributed by atoms with Crippen molar-refractivity contribution in [3.05, 3.63) is 18.6 Å². The molecule has 0 aromatic carbocycles. The van der Waals surface area contributed by atoms with Crippen molar-refractivity contribution in [3.63, 3.8) is 0 Å². The third-order valence-electron chi connectivity index (χ3n) is 4.14. The summed E-state index contributed by atoms with van der Waals surface area (Å²) < 4.78 is 7.15. The van der Waals surface area contributed by atoms with E-state index in [1.165, 1.54) is 13.3 Å². The van der Waals surface area contributed by atoms with Crippen LogP contribution in [0.2, 0.25) is 0 Å². The first-order valence-corrected chi connectivity index (χ1v) is 7.86. The van der Waals surface area contributed by atoms with Gasteiger partial charge in [-0.2, -0.15) is 0 Å². The van der Waals surface area contributed by atoms with Gasteiger partial charge in [-0.15, -0.1) is 0 Å². The molecule has 3 heterocycles. The lowest BCUT2D eigenvalue weighted by atomic mass is 9.96. The average molecular weight is 338 g/mol. The van der Waals surface area contributed by atoms with Crippen LogP contribution in [0.25, 0.3) is 11.2 Å². The van der Waals surface area contributed by atoms with E-state index >= 15 is 0 Å². The van der Waals surface area contributed by atoms with Gasteiger partial charge in [0.05, 0.1) is 25.2 Å². The number of imidazole rings is 1. The minimum atomic E-state index is -1.59. The maximum Gasteiger partial charge on any atom is 0.168 e. The summed E-state index contributed by atoms with van der Waals surface area (Å²) >= 11 is 0. The van der Waals surface area contributed by atoms with E-state index in [0.29, 0.717) is 23.5 Å². The van der Waals surface area contributed by atoms with Gasteiger partial charge in [0.1, 0.15) is 23.3 Å². The maximum absolute atomic E-state index is 10.6. The molecule has 1 saturated heterocycles. The quantitative estimate of drug-likeness (QED) is 0.435. The van der Waals surface area contributed by atoms with Crippen molar-refractivity contribution < 1.29 is 24.9 Å². The lowest BCUT2D eigenvalue weighted by molar-refractivity contribution is -0.0950. The third kappa shape index (κ3) is 2.74. The van der Waals surface area contributed by atoms with Gasteiger partial charge in [-0.25, -0.2) is 9.97 Å². The molecule has 0 unspecified atom stereocenters. The van der Waals surface area contributed by atoms with Crippen molar-refractivity contribution in [1.82, 2.24) is 14.5 Å². The van der Waals surface area contributed by atoms with E-state index < -0.39 is 30.6 Å². The molecule has 4 atom stereocenters. The van der Waals surface area contributed by atoms with Gasteiger partial charge in [0, 0.05) is 6.20 Å². The molecule has 0 amide bonds. The molecule has 0 saturated carbocycles. The van der Waals surface area contributed by atoms with Crippen LogP contribution in [0.4, 0.5) is 5.69 Å². The number of fused-ring (bicyclic) bond motifs is 1. The van der Waals surface area contributed by atoms with Gasteiger partial charge in [0.25, 0.3) is 0 Å². The number of aliphatic hydroxyl groups excluding tert-OH is 2. The Bertz CT molecular complexity index is 704. The van der Waals surface area contributed by atoms with E-state index in [2.05, 4.69) is 15.4 Å². The highest BCUT2D eigenvalue weighted by Gasteiger charge is 2.53. The molecular formula is C15H22N4O5. The summed E-state index contributed by atoms with van der Waals surface area (Å²) in [6.45, 7) is 3.61. The summed E-state index contributed by atoms with van der Waals surface area (Å²) in [4.78, 5) is 13.9. The Morgan fingerprint density at radius 3 is 2.92 bits per heavy atom. The first kappa shape index (κ1) is 17.1. The zero-order chi connectivity index (χ0) is 17.3. The summed E-state index contributed by atoms with van der Waals surface area (Å²) in [5.74, 6) is 0. The highest BCUT2D eigenvalue weighted by molar-refractivity contribution is 5.84. The van der Waals surface area contributed by atoms with E-state index in [0.717, 1.165) is 6.42 Å². The second-order valence-corrected chi connectivity index (χ2v) is 6.01. The highest BCUT2D eigenvalue weighted by atomic mass is 16.6. The molecule has 9 heteroatoms. The molecule has 1 aliphatic heterocycles. The summed E-state index contributed by atoms with van der Waals surface area (Å²) in [6, 6.07) is 1.73. The monoisotopic (exact) mass is 338 g/mol. The molecule has 1 fully saturated rings. The van der Waals surface area contributed by atoms with Crippen LogP contribution in [0, 0.1) is 0 Å². The van der Waals surface area contributed by atoms with Crippen LogP contribution in [0.15, 0.2) is 18.6 Å². The summed E-state index contributed by atoms with van der Waals surface area (Å²) in [6.07, 6.45) is 0.912. The number of nitrogens with zero attached hydrogens (tertiary/aromatic N) is 3. The molecule has 0 spiro atoms. The number of nitrogens with one attached hydrogen (secondary N) is 1. The molecule has 2 aromatic rings. The predicted molar refractivity (Wildman–Crippen MR) is 85.0 cm³/mol. The predicted octanol–water partition coefficient (Wildman–Crippen LogP) is 0.186. The number of hydrogen-bond donors (Lipinski definition) is 4. The van der Waals surface area contributed by atoms with E-state index in [1.54, 1.807) is 16.8 Å². The van der Waals surface area contributed by atoms with Crippen molar-refractivity contribution in [3.8, 4) is 0 Å². The first-order chi connectivity index (χ1) is 11.5. The molecule has 3 rings (SSSR count). The minimum Gasteiger partial charge on any atom is -0.394 e. The molecule has 0 radical (unpaired) electrons. The zero-order valence-electron chi connectivity index (χ0n) is 13.6. The van der Waals surface area contributed by atoms with Gasteiger partial charge in [-0.3, -0.25) is 14.9 Å². The number of aliphatic hydroxyl groups is 3. The van der Waals surface area contributed by atoms with Crippen LogP contribution in [0.3, 0.4) is 0 Å². The van der Waals surface area contributed by atoms with E-state index in [-0.39, 0.29) is 0 Å². The molecule has 2 aromatic heterocycles. The standard InChI is InChI=1S/C15H22N4O5/c1-3-6-23-18-9-4-5-16-13-11(9)17-8-19(13)14-15(2,22)12(21)10(7-20)24-14/h4-5,8,10,12,14,20-22H,3,6-7H2,1-2H3,(H,16,18)/t10-,12-,14-,15-/m1/s1. The maximum atomic E-state index is 10.6. The Hall–Kier alpha value is -1.78. The Morgan fingerprint density at radius 2 is 2.25 bits per heavy atom. The number of anilines is 1. The number of pyridine rings is 1. The van der Waals surface area contributed by atoms with E-state index in [1.807, 2.05) is 6.92 Å². The van der Waals surface area contributed by atoms with Crippen molar-refractivity contribution in [2.24, 2.45) is 0 Å². The SMILES string of the molecule is CCCONc1ccnc2c1ncn2[C@@H]1O[C@H](CO)[C@@H](O)[C@@]1(C)O. The Labute approximate surface area is 138 Å². The Balaban J connectivity index is 1.95. The molecule has 132 valence electrons. The van der Waals surface area contributed by atoms with Crippen LogP contribution in [0.5, 0.6) is 0 Å². The van der Waals surface area contributed by atoms with Gasteiger partial charge in [0.15, 0.2) is 11.9 Å². The topological polar surface area (TPSA) is 122 Å². The smallest absolute Gasteiger partial charge is 0.168 e. The van der Waals surface area contributed by atoms with Crippen LogP contribution < -0.4 is 5.48 Å². The number of hydrogen-bond acceptors (Lipinski definition) is 8. The zero-order valence-corrected chi connectivity index (χ0v) is 13.6. The fourth-order valence-corrected chi connectivity index (χ4v) is 2.81. The lowest BCUT2D eigenvalue weighted by Gasteiger charge is -2.27. The van der Waals surface area contributed by atoms with Gasteiger partial charge in [-0.1, -0.05) is 6.92 Å².